The molecule has 2 fully saturated rings. The molecule has 0 aromatic heterocycles. The maximum atomic E-state index is 11.6. The van der Waals surface area contributed by atoms with E-state index in [1.165, 1.54) is 19.3 Å². The van der Waals surface area contributed by atoms with Crippen molar-refractivity contribution in [3.8, 4) is 0 Å². The third kappa shape index (κ3) is 3.45. The van der Waals surface area contributed by atoms with Crippen LogP contribution in [0.4, 0.5) is 0 Å². The number of aliphatic hydroxyl groups is 1. The van der Waals surface area contributed by atoms with E-state index in [2.05, 4.69) is 4.90 Å². The Morgan fingerprint density at radius 3 is 2.56 bits per heavy atom. The van der Waals surface area contributed by atoms with E-state index >= 15 is 0 Å². The van der Waals surface area contributed by atoms with Crippen molar-refractivity contribution in [1.82, 2.24) is 4.90 Å². The molecule has 2 aliphatic rings. The minimum atomic E-state index is -2.88. The molecule has 1 aliphatic heterocycles. The van der Waals surface area contributed by atoms with Crippen molar-refractivity contribution in [3.63, 3.8) is 0 Å². The highest BCUT2D eigenvalue weighted by molar-refractivity contribution is 7.92. The molecule has 4 nitrogen and oxygen atoms in total. The molecule has 1 saturated carbocycles. The molecule has 1 aliphatic carbocycles. The summed E-state index contributed by atoms with van der Waals surface area (Å²) in [5.74, 6) is 0.665. The van der Waals surface area contributed by atoms with Gasteiger partial charge in [0.25, 0.3) is 0 Å². The zero-order chi connectivity index (χ0) is 13.2. The summed E-state index contributed by atoms with van der Waals surface area (Å²) in [5, 5.41) is 9.96. The Morgan fingerprint density at radius 1 is 1.28 bits per heavy atom. The van der Waals surface area contributed by atoms with Crippen molar-refractivity contribution in [2.75, 3.05) is 25.4 Å². The summed E-state index contributed by atoms with van der Waals surface area (Å²) in [6.07, 6.45) is 5.73. The summed E-state index contributed by atoms with van der Waals surface area (Å²) in [6.45, 7) is 3.57. The van der Waals surface area contributed by atoms with Crippen LogP contribution in [0.2, 0.25) is 0 Å². The van der Waals surface area contributed by atoms with Gasteiger partial charge in [0.15, 0.2) is 9.84 Å². The van der Waals surface area contributed by atoms with Crippen molar-refractivity contribution in [2.45, 2.75) is 50.4 Å². The van der Waals surface area contributed by atoms with Crippen LogP contribution in [0.1, 0.15) is 39.0 Å². The van der Waals surface area contributed by atoms with Crippen LogP contribution in [0.5, 0.6) is 0 Å². The molecular formula is C13H25NO3S. The molecule has 1 heterocycles. The minimum absolute atomic E-state index is 0.242. The van der Waals surface area contributed by atoms with Crippen molar-refractivity contribution < 1.29 is 13.5 Å². The van der Waals surface area contributed by atoms with Gasteiger partial charge >= 0.3 is 0 Å². The normalized spacial score (nSPS) is 32.2. The number of rotatable bonds is 3. The molecule has 0 radical (unpaired) electrons. The SMILES string of the molecule is CC1CN(CC(O)C2CCCCC2)CCS1(=O)=O. The lowest BCUT2D eigenvalue weighted by molar-refractivity contribution is 0.0483. The summed E-state index contributed by atoms with van der Waals surface area (Å²) in [5.41, 5.74) is 0. The topological polar surface area (TPSA) is 57.6 Å². The van der Waals surface area contributed by atoms with Gasteiger partial charge in [0.2, 0.25) is 0 Å². The molecule has 0 aromatic rings. The minimum Gasteiger partial charge on any atom is -0.392 e. The zero-order valence-electron chi connectivity index (χ0n) is 11.2. The summed E-state index contributed by atoms with van der Waals surface area (Å²) in [4.78, 5) is 2.12. The van der Waals surface area contributed by atoms with Crippen LogP contribution in [0.15, 0.2) is 0 Å². The highest BCUT2D eigenvalue weighted by atomic mass is 32.2. The van der Waals surface area contributed by atoms with Gasteiger partial charge < -0.3 is 5.11 Å². The molecule has 5 heteroatoms. The number of aliphatic hydroxyl groups excluding tert-OH is 1. The summed E-state index contributed by atoms with van der Waals surface area (Å²) >= 11 is 0. The molecule has 1 saturated heterocycles. The summed E-state index contributed by atoms with van der Waals surface area (Å²) in [6, 6.07) is 0. The molecule has 2 rings (SSSR count). The Morgan fingerprint density at radius 2 is 1.94 bits per heavy atom. The Hall–Kier alpha value is -0.130. The third-order valence-electron chi connectivity index (χ3n) is 4.46. The van der Waals surface area contributed by atoms with E-state index in [4.69, 9.17) is 0 Å². The molecule has 2 unspecified atom stereocenters. The van der Waals surface area contributed by atoms with Crippen LogP contribution in [-0.2, 0) is 9.84 Å². The first-order valence-corrected chi connectivity index (χ1v) is 8.82. The van der Waals surface area contributed by atoms with Gasteiger partial charge in [-0.25, -0.2) is 8.42 Å². The van der Waals surface area contributed by atoms with Crippen molar-refractivity contribution in [3.05, 3.63) is 0 Å². The fourth-order valence-electron chi connectivity index (χ4n) is 3.12. The molecule has 1 N–H and O–H groups in total. The van der Waals surface area contributed by atoms with Crippen LogP contribution in [0.25, 0.3) is 0 Å². The first-order valence-electron chi connectivity index (χ1n) is 7.11. The molecule has 0 amide bonds. The smallest absolute Gasteiger partial charge is 0.155 e. The standard InChI is InChI=1S/C13H25NO3S/c1-11-9-14(7-8-18(11,16)17)10-13(15)12-5-3-2-4-6-12/h11-13,15H,2-10H2,1H3. The second kappa shape index (κ2) is 5.88. The summed E-state index contributed by atoms with van der Waals surface area (Å²) < 4.78 is 23.3. The number of hydrogen-bond acceptors (Lipinski definition) is 4. The average Bonchev–Trinajstić information content (AvgIpc) is 2.35. The quantitative estimate of drug-likeness (QED) is 0.836. The van der Waals surface area contributed by atoms with E-state index in [0.717, 1.165) is 12.8 Å². The molecule has 0 bridgehead atoms. The van der Waals surface area contributed by atoms with Gasteiger partial charge in [-0.2, -0.15) is 0 Å². The van der Waals surface area contributed by atoms with Crippen molar-refractivity contribution >= 4 is 9.84 Å². The largest absolute Gasteiger partial charge is 0.392 e. The van der Waals surface area contributed by atoms with Crippen LogP contribution < -0.4 is 0 Å². The maximum Gasteiger partial charge on any atom is 0.155 e. The predicted molar refractivity (Wildman–Crippen MR) is 72.3 cm³/mol. The summed E-state index contributed by atoms with van der Waals surface area (Å²) in [7, 11) is -2.88. The van der Waals surface area contributed by atoms with E-state index in [1.807, 2.05) is 0 Å². The second-order valence-electron chi connectivity index (χ2n) is 5.90. The molecule has 106 valence electrons. The Bertz CT molecular complexity index is 362. The molecule has 0 spiro atoms. The number of hydrogen-bond donors (Lipinski definition) is 1. The fraction of sp³-hybridized carbons (Fsp3) is 1.00. The first-order chi connectivity index (χ1) is 8.49. The highest BCUT2D eigenvalue weighted by Crippen LogP contribution is 2.27. The van der Waals surface area contributed by atoms with E-state index in [0.29, 0.717) is 25.6 Å². The van der Waals surface area contributed by atoms with E-state index in [-0.39, 0.29) is 17.1 Å². The van der Waals surface area contributed by atoms with E-state index < -0.39 is 9.84 Å². The van der Waals surface area contributed by atoms with Crippen LogP contribution in [0, 0.1) is 5.92 Å². The second-order valence-corrected chi connectivity index (χ2v) is 8.44. The monoisotopic (exact) mass is 275 g/mol. The Kier molecular flexibility index (Phi) is 4.67. The highest BCUT2D eigenvalue weighted by Gasteiger charge is 2.31. The van der Waals surface area contributed by atoms with Gasteiger partial charge in [-0.3, -0.25) is 4.90 Å². The van der Waals surface area contributed by atoms with E-state index in [1.54, 1.807) is 6.92 Å². The zero-order valence-corrected chi connectivity index (χ0v) is 12.0. The van der Waals surface area contributed by atoms with Gasteiger partial charge in [-0.15, -0.1) is 0 Å². The number of sulfone groups is 1. The first kappa shape index (κ1) is 14.3. The van der Waals surface area contributed by atoms with Gasteiger partial charge in [-0.05, 0) is 25.7 Å². The van der Waals surface area contributed by atoms with Crippen LogP contribution in [-0.4, -0.2) is 55.2 Å². The van der Waals surface area contributed by atoms with Gasteiger partial charge in [-0.1, -0.05) is 19.3 Å². The number of nitrogens with zero attached hydrogens (tertiary/aromatic N) is 1. The van der Waals surface area contributed by atoms with Crippen LogP contribution in [0.3, 0.4) is 0 Å². The lowest BCUT2D eigenvalue weighted by Gasteiger charge is -2.35. The van der Waals surface area contributed by atoms with E-state index in [9.17, 15) is 13.5 Å². The number of β-amino-alcohol motifs (C(OH)–C–C–N with tert-alkyl or cyclic N) is 1. The molecule has 18 heavy (non-hydrogen) atoms. The van der Waals surface area contributed by atoms with Gasteiger partial charge in [0, 0.05) is 19.6 Å². The van der Waals surface area contributed by atoms with Gasteiger partial charge in [0.05, 0.1) is 17.1 Å². The molecule has 2 atom stereocenters. The Balaban J connectivity index is 1.83. The average molecular weight is 275 g/mol. The Labute approximate surface area is 110 Å². The lowest BCUT2D eigenvalue weighted by Crippen LogP contribution is -2.49. The predicted octanol–water partition coefficient (Wildman–Crippen LogP) is 1.05. The van der Waals surface area contributed by atoms with Crippen molar-refractivity contribution in [2.24, 2.45) is 5.92 Å². The van der Waals surface area contributed by atoms with Crippen LogP contribution >= 0.6 is 0 Å². The van der Waals surface area contributed by atoms with Gasteiger partial charge in [0.1, 0.15) is 0 Å². The third-order valence-corrected chi connectivity index (χ3v) is 6.59. The molecular weight excluding hydrogens is 250 g/mol. The maximum absolute atomic E-state index is 11.6. The fourth-order valence-corrected chi connectivity index (χ4v) is 4.48. The molecule has 0 aromatic carbocycles. The van der Waals surface area contributed by atoms with Crippen molar-refractivity contribution in [1.29, 1.82) is 0 Å². The lowest BCUT2D eigenvalue weighted by atomic mass is 9.85.